The minimum atomic E-state index is -4.60. The Morgan fingerprint density at radius 1 is 1.15 bits per heavy atom. The van der Waals surface area contributed by atoms with Gasteiger partial charge in [-0.1, -0.05) is 11.6 Å². The van der Waals surface area contributed by atoms with E-state index in [1.807, 2.05) is 0 Å². The zero-order valence-electron chi connectivity index (χ0n) is 10.6. The van der Waals surface area contributed by atoms with Gasteiger partial charge in [0.25, 0.3) is 0 Å². The van der Waals surface area contributed by atoms with Gasteiger partial charge in [-0.3, -0.25) is 0 Å². The van der Waals surface area contributed by atoms with Crippen LogP contribution in [0, 0.1) is 11.7 Å². The molecule has 1 saturated carbocycles. The van der Waals surface area contributed by atoms with E-state index in [0.717, 1.165) is 37.8 Å². The van der Waals surface area contributed by atoms with E-state index in [-0.39, 0.29) is 17.6 Å². The van der Waals surface area contributed by atoms with Crippen LogP contribution in [0.4, 0.5) is 17.6 Å². The molecule has 2 atom stereocenters. The molecule has 1 aliphatic carbocycles. The highest BCUT2D eigenvalue weighted by Gasteiger charge is 2.41. The molecule has 1 fully saturated rings. The summed E-state index contributed by atoms with van der Waals surface area (Å²) < 4.78 is 52.3. The second-order valence-electron chi connectivity index (χ2n) is 5.20. The van der Waals surface area contributed by atoms with Gasteiger partial charge in [0.1, 0.15) is 11.9 Å². The maximum Gasteiger partial charge on any atom is 0.417 e. The topological polar surface area (TPSA) is 21.6 Å². The largest absolute Gasteiger partial charge is 0.417 e. The minimum absolute atomic E-state index is 0.0618. The fourth-order valence-corrected chi connectivity index (χ4v) is 2.95. The molecule has 0 radical (unpaired) electrons. The number of nitrogens with zero attached hydrogens (tertiary/aromatic N) is 1. The summed E-state index contributed by atoms with van der Waals surface area (Å²) in [6, 6.07) is 2.70. The first-order valence-electron chi connectivity index (χ1n) is 6.57. The second kappa shape index (κ2) is 4.75. The summed E-state index contributed by atoms with van der Waals surface area (Å²) in [5.41, 5.74) is -0.735. The maximum atomic E-state index is 13.1. The highest BCUT2D eigenvalue weighted by atomic mass is 19.4. The van der Waals surface area contributed by atoms with E-state index in [4.69, 9.17) is 4.84 Å². The average molecular weight is 287 g/mol. The van der Waals surface area contributed by atoms with Crippen molar-refractivity contribution in [1.29, 1.82) is 0 Å². The molecule has 0 bridgehead atoms. The zero-order chi connectivity index (χ0) is 14.3. The molecule has 0 spiro atoms. The Hall–Kier alpha value is -1.59. The normalized spacial score (nSPS) is 25.9. The Balaban J connectivity index is 2.02. The molecule has 2 aliphatic rings. The van der Waals surface area contributed by atoms with Crippen LogP contribution in [-0.4, -0.2) is 11.8 Å². The monoisotopic (exact) mass is 287 g/mol. The third-order valence-electron chi connectivity index (χ3n) is 3.90. The molecule has 1 heterocycles. The second-order valence-corrected chi connectivity index (χ2v) is 5.20. The summed E-state index contributed by atoms with van der Waals surface area (Å²) in [4.78, 5) is 5.25. The summed E-state index contributed by atoms with van der Waals surface area (Å²) in [6.45, 7) is 0. The summed E-state index contributed by atoms with van der Waals surface area (Å²) in [7, 11) is 0. The summed E-state index contributed by atoms with van der Waals surface area (Å²) in [5.74, 6) is -1.02. The first-order valence-corrected chi connectivity index (χ1v) is 6.57. The molecule has 1 aromatic carbocycles. The Morgan fingerprint density at radius 2 is 1.90 bits per heavy atom. The first-order chi connectivity index (χ1) is 9.47. The van der Waals surface area contributed by atoms with Crippen molar-refractivity contribution in [3.63, 3.8) is 0 Å². The van der Waals surface area contributed by atoms with Crippen molar-refractivity contribution in [2.45, 2.75) is 38.0 Å². The van der Waals surface area contributed by atoms with Crippen LogP contribution in [-0.2, 0) is 11.0 Å². The van der Waals surface area contributed by atoms with Crippen LogP contribution in [0.1, 0.15) is 36.8 Å². The van der Waals surface area contributed by atoms with Gasteiger partial charge in [-0.2, -0.15) is 13.2 Å². The standard InChI is InChI=1S/C14H13F4NO/c15-8-5-6-9(11(7-8)14(16,17)18)13-10-3-1-2-4-12(10)20-19-13/h5-7,10,12H,1-4H2/t10-,12+/m1/s1. The van der Waals surface area contributed by atoms with Gasteiger partial charge in [0.05, 0.1) is 11.3 Å². The van der Waals surface area contributed by atoms with E-state index < -0.39 is 17.6 Å². The Labute approximate surface area is 113 Å². The zero-order valence-corrected chi connectivity index (χ0v) is 10.6. The van der Waals surface area contributed by atoms with Crippen LogP contribution in [0.25, 0.3) is 0 Å². The molecule has 1 aromatic rings. The van der Waals surface area contributed by atoms with Crippen LogP contribution in [0.15, 0.2) is 23.4 Å². The molecule has 0 saturated heterocycles. The fourth-order valence-electron chi connectivity index (χ4n) is 2.95. The van der Waals surface area contributed by atoms with Crippen LogP contribution < -0.4 is 0 Å². The average Bonchev–Trinajstić information content (AvgIpc) is 2.81. The van der Waals surface area contributed by atoms with Crippen molar-refractivity contribution in [2.75, 3.05) is 0 Å². The molecule has 6 heteroatoms. The highest BCUT2D eigenvalue weighted by molar-refractivity contribution is 6.04. The number of rotatable bonds is 1. The molecule has 0 N–H and O–H groups in total. The predicted octanol–water partition coefficient (Wildman–Crippen LogP) is 4.14. The van der Waals surface area contributed by atoms with Gasteiger partial charge < -0.3 is 4.84 Å². The Morgan fingerprint density at radius 3 is 2.65 bits per heavy atom. The number of fused-ring (bicyclic) bond motifs is 1. The molecule has 0 unspecified atom stereocenters. The van der Waals surface area contributed by atoms with Crippen molar-refractivity contribution < 1.29 is 22.4 Å². The molecular weight excluding hydrogens is 274 g/mol. The summed E-state index contributed by atoms with van der Waals surface area (Å²) in [5, 5.41) is 3.85. The molecule has 3 rings (SSSR count). The minimum Gasteiger partial charge on any atom is -0.392 e. The molecule has 0 amide bonds. The molecule has 108 valence electrons. The van der Waals surface area contributed by atoms with E-state index >= 15 is 0 Å². The molecular formula is C14H13F4NO. The number of hydrogen-bond donors (Lipinski definition) is 0. The van der Waals surface area contributed by atoms with Gasteiger partial charge in [-0.05, 0) is 37.5 Å². The van der Waals surface area contributed by atoms with E-state index in [0.29, 0.717) is 11.8 Å². The molecule has 20 heavy (non-hydrogen) atoms. The van der Waals surface area contributed by atoms with Crippen LogP contribution >= 0.6 is 0 Å². The summed E-state index contributed by atoms with van der Waals surface area (Å²) >= 11 is 0. The first kappa shape index (κ1) is 13.4. The van der Waals surface area contributed by atoms with Gasteiger partial charge in [0, 0.05) is 11.5 Å². The maximum absolute atomic E-state index is 13.1. The highest BCUT2D eigenvalue weighted by Crippen LogP contribution is 2.39. The van der Waals surface area contributed by atoms with Crippen LogP contribution in [0.5, 0.6) is 0 Å². The lowest BCUT2D eigenvalue weighted by Crippen LogP contribution is -2.28. The van der Waals surface area contributed by atoms with Crippen LogP contribution in [0.3, 0.4) is 0 Å². The van der Waals surface area contributed by atoms with Gasteiger partial charge in [-0.15, -0.1) is 0 Å². The lowest BCUT2D eigenvalue weighted by Gasteiger charge is -2.24. The third kappa shape index (κ3) is 2.27. The molecule has 2 nitrogen and oxygen atoms in total. The lowest BCUT2D eigenvalue weighted by molar-refractivity contribution is -0.137. The van der Waals surface area contributed by atoms with Gasteiger partial charge >= 0.3 is 6.18 Å². The van der Waals surface area contributed by atoms with E-state index in [1.54, 1.807) is 0 Å². The van der Waals surface area contributed by atoms with E-state index in [9.17, 15) is 17.6 Å². The van der Waals surface area contributed by atoms with Gasteiger partial charge in [-0.25, -0.2) is 4.39 Å². The number of benzene rings is 1. The van der Waals surface area contributed by atoms with Crippen LogP contribution in [0.2, 0.25) is 0 Å². The third-order valence-corrected chi connectivity index (χ3v) is 3.90. The Kier molecular flexibility index (Phi) is 3.18. The SMILES string of the molecule is Fc1ccc(C2=NO[C@H]3CCCC[C@@H]23)c(C(F)(F)F)c1. The number of halogens is 4. The fraction of sp³-hybridized carbons (Fsp3) is 0.500. The predicted molar refractivity (Wildman–Crippen MR) is 64.8 cm³/mol. The summed E-state index contributed by atoms with van der Waals surface area (Å²) in [6.07, 6.45) is -1.22. The number of hydrogen-bond acceptors (Lipinski definition) is 2. The molecule has 0 aromatic heterocycles. The Bertz CT molecular complexity index is 553. The van der Waals surface area contributed by atoms with Crippen molar-refractivity contribution in [3.8, 4) is 0 Å². The van der Waals surface area contributed by atoms with Crippen molar-refractivity contribution in [2.24, 2.45) is 11.1 Å². The van der Waals surface area contributed by atoms with Crippen molar-refractivity contribution in [3.05, 3.63) is 35.1 Å². The van der Waals surface area contributed by atoms with Gasteiger partial charge in [0.2, 0.25) is 0 Å². The molecule has 1 aliphatic heterocycles. The lowest BCUT2D eigenvalue weighted by atomic mass is 9.80. The van der Waals surface area contributed by atoms with Gasteiger partial charge in [0.15, 0.2) is 0 Å². The smallest absolute Gasteiger partial charge is 0.392 e. The number of oxime groups is 1. The van der Waals surface area contributed by atoms with Crippen molar-refractivity contribution >= 4 is 5.71 Å². The quantitative estimate of drug-likeness (QED) is 0.711. The van der Waals surface area contributed by atoms with Crippen molar-refractivity contribution in [1.82, 2.24) is 0 Å². The van der Waals surface area contributed by atoms with E-state index in [2.05, 4.69) is 5.16 Å². The number of alkyl halides is 3. The van der Waals surface area contributed by atoms with E-state index in [1.165, 1.54) is 0 Å².